The van der Waals surface area contributed by atoms with Crippen LogP contribution in [-0.2, 0) is 6.54 Å². The van der Waals surface area contributed by atoms with E-state index in [-0.39, 0.29) is 6.61 Å². The number of aliphatic hydroxyl groups excluding tert-OH is 1. The fourth-order valence-corrected chi connectivity index (χ4v) is 2.03. The van der Waals surface area contributed by atoms with Crippen molar-refractivity contribution in [3.8, 4) is 5.75 Å². The molecule has 0 amide bonds. The highest BCUT2D eigenvalue weighted by molar-refractivity contribution is 5.28. The normalized spacial score (nSPS) is 13.1. The second-order valence-electron chi connectivity index (χ2n) is 5.23. The first-order valence-electron chi connectivity index (χ1n) is 6.49. The van der Waals surface area contributed by atoms with E-state index in [2.05, 4.69) is 37.9 Å². The van der Waals surface area contributed by atoms with Crippen LogP contribution in [0.4, 0.5) is 0 Å². The summed E-state index contributed by atoms with van der Waals surface area (Å²) in [5.41, 5.74) is 1.23. The summed E-state index contributed by atoms with van der Waals surface area (Å²) in [5.74, 6) is 1.73. The van der Waals surface area contributed by atoms with Gasteiger partial charge in [0.15, 0.2) is 0 Å². The minimum Gasteiger partial charge on any atom is -0.497 e. The summed E-state index contributed by atoms with van der Waals surface area (Å²) in [7, 11) is 3.77. The van der Waals surface area contributed by atoms with Crippen LogP contribution < -0.4 is 4.74 Å². The number of benzene rings is 1. The molecule has 0 fully saturated rings. The quantitative estimate of drug-likeness (QED) is 0.807. The van der Waals surface area contributed by atoms with E-state index in [0.29, 0.717) is 11.8 Å². The molecule has 1 unspecified atom stereocenters. The average Bonchev–Trinajstić information content (AvgIpc) is 2.35. The van der Waals surface area contributed by atoms with Crippen LogP contribution in [0.15, 0.2) is 24.3 Å². The number of ether oxygens (including phenoxy) is 1. The van der Waals surface area contributed by atoms with E-state index in [1.54, 1.807) is 7.11 Å². The molecule has 3 nitrogen and oxygen atoms in total. The van der Waals surface area contributed by atoms with Gasteiger partial charge in [-0.3, -0.25) is 0 Å². The molecule has 102 valence electrons. The second-order valence-corrected chi connectivity index (χ2v) is 5.23. The Morgan fingerprint density at radius 1 is 1.33 bits per heavy atom. The third-order valence-corrected chi connectivity index (χ3v) is 3.31. The summed E-state index contributed by atoms with van der Waals surface area (Å²) in [6, 6.07) is 8.12. The molecule has 3 heteroatoms. The Hall–Kier alpha value is -1.06. The molecule has 0 radical (unpaired) electrons. The lowest BCUT2D eigenvalue weighted by atomic mass is 9.96. The molecule has 0 aromatic heterocycles. The predicted molar refractivity (Wildman–Crippen MR) is 74.7 cm³/mol. The number of nitrogens with zero attached hydrogens (tertiary/aromatic N) is 1. The smallest absolute Gasteiger partial charge is 0.119 e. The monoisotopic (exact) mass is 251 g/mol. The summed E-state index contributed by atoms with van der Waals surface area (Å²) < 4.78 is 5.22. The van der Waals surface area contributed by atoms with Crippen LogP contribution in [0.5, 0.6) is 5.75 Å². The zero-order valence-corrected chi connectivity index (χ0v) is 11.9. The highest BCUT2D eigenvalue weighted by atomic mass is 16.5. The molecule has 0 spiro atoms. The van der Waals surface area contributed by atoms with Gasteiger partial charge in [-0.1, -0.05) is 26.0 Å². The lowest BCUT2D eigenvalue weighted by molar-refractivity contribution is 0.143. The van der Waals surface area contributed by atoms with Crippen molar-refractivity contribution in [1.29, 1.82) is 0 Å². The van der Waals surface area contributed by atoms with Crippen molar-refractivity contribution in [2.45, 2.75) is 20.4 Å². The number of aliphatic hydroxyl groups is 1. The molecule has 0 saturated heterocycles. The third kappa shape index (κ3) is 4.67. The zero-order chi connectivity index (χ0) is 13.5. The summed E-state index contributed by atoms with van der Waals surface area (Å²) >= 11 is 0. The Bertz CT molecular complexity index is 352. The van der Waals surface area contributed by atoms with Gasteiger partial charge in [-0.05, 0) is 36.6 Å². The number of rotatable bonds is 7. The van der Waals surface area contributed by atoms with Crippen molar-refractivity contribution in [2.24, 2.45) is 11.8 Å². The maximum atomic E-state index is 9.35. The van der Waals surface area contributed by atoms with Crippen molar-refractivity contribution in [1.82, 2.24) is 4.90 Å². The van der Waals surface area contributed by atoms with Gasteiger partial charge in [0.05, 0.1) is 7.11 Å². The molecule has 18 heavy (non-hydrogen) atoms. The van der Waals surface area contributed by atoms with Crippen LogP contribution in [0.1, 0.15) is 19.4 Å². The van der Waals surface area contributed by atoms with Gasteiger partial charge in [-0.2, -0.15) is 0 Å². The molecule has 1 aromatic carbocycles. The SMILES string of the molecule is COc1cccc(CN(C)CC(CO)C(C)C)c1. The number of methoxy groups -OCH3 is 1. The van der Waals surface area contributed by atoms with Crippen LogP contribution in [0.2, 0.25) is 0 Å². The minimum absolute atomic E-state index is 0.250. The van der Waals surface area contributed by atoms with Gasteiger partial charge in [0.25, 0.3) is 0 Å². The lowest BCUT2D eigenvalue weighted by Gasteiger charge is -2.25. The fourth-order valence-electron chi connectivity index (χ4n) is 2.03. The molecule has 1 atom stereocenters. The van der Waals surface area contributed by atoms with E-state index in [9.17, 15) is 5.11 Å². The Morgan fingerprint density at radius 2 is 2.06 bits per heavy atom. The largest absolute Gasteiger partial charge is 0.497 e. The van der Waals surface area contributed by atoms with E-state index in [1.807, 2.05) is 12.1 Å². The average molecular weight is 251 g/mol. The van der Waals surface area contributed by atoms with E-state index in [4.69, 9.17) is 4.74 Å². The van der Waals surface area contributed by atoms with Crippen LogP contribution in [0.3, 0.4) is 0 Å². The van der Waals surface area contributed by atoms with Crippen molar-refractivity contribution >= 4 is 0 Å². The molecular formula is C15H25NO2. The molecule has 0 aliphatic rings. The minimum atomic E-state index is 0.250. The summed E-state index contributed by atoms with van der Waals surface area (Å²) in [4.78, 5) is 2.25. The second kappa shape index (κ2) is 7.39. The maximum Gasteiger partial charge on any atom is 0.119 e. The van der Waals surface area contributed by atoms with E-state index in [0.717, 1.165) is 18.8 Å². The van der Waals surface area contributed by atoms with Gasteiger partial charge in [-0.25, -0.2) is 0 Å². The van der Waals surface area contributed by atoms with Gasteiger partial charge in [0.2, 0.25) is 0 Å². The Labute approximate surface area is 110 Å². The van der Waals surface area contributed by atoms with Crippen molar-refractivity contribution < 1.29 is 9.84 Å². The first-order chi connectivity index (χ1) is 8.56. The predicted octanol–water partition coefficient (Wildman–Crippen LogP) is 2.39. The molecule has 0 saturated carbocycles. The van der Waals surface area contributed by atoms with E-state index >= 15 is 0 Å². The third-order valence-electron chi connectivity index (χ3n) is 3.31. The van der Waals surface area contributed by atoms with Crippen LogP contribution in [0, 0.1) is 11.8 Å². The summed E-state index contributed by atoms with van der Waals surface area (Å²) in [6.07, 6.45) is 0. The van der Waals surface area contributed by atoms with Crippen molar-refractivity contribution in [3.63, 3.8) is 0 Å². The van der Waals surface area contributed by atoms with Crippen LogP contribution in [0.25, 0.3) is 0 Å². The fraction of sp³-hybridized carbons (Fsp3) is 0.600. The topological polar surface area (TPSA) is 32.7 Å². The van der Waals surface area contributed by atoms with Gasteiger partial charge >= 0.3 is 0 Å². The van der Waals surface area contributed by atoms with Crippen LogP contribution >= 0.6 is 0 Å². The lowest BCUT2D eigenvalue weighted by Crippen LogP contribution is -2.30. The zero-order valence-electron chi connectivity index (χ0n) is 11.9. The van der Waals surface area contributed by atoms with Gasteiger partial charge < -0.3 is 14.7 Å². The number of hydrogen-bond acceptors (Lipinski definition) is 3. The standard InChI is InChI=1S/C15H25NO2/c1-12(2)14(11-17)10-16(3)9-13-6-5-7-15(8-13)18-4/h5-8,12,14,17H,9-11H2,1-4H3. The molecule has 0 aliphatic heterocycles. The first kappa shape index (κ1) is 15.0. The first-order valence-corrected chi connectivity index (χ1v) is 6.49. The highest BCUT2D eigenvalue weighted by Gasteiger charge is 2.14. The summed E-state index contributed by atoms with van der Waals surface area (Å²) in [6.45, 7) is 6.34. The van der Waals surface area contributed by atoms with Gasteiger partial charge in [-0.15, -0.1) is 0 Å². The summed E-state index contributed by atoms with van der Waals surface area (Å²) in [5, 5.41) is 9.35. The number of hydrogen-bond donors (Lipinski definition) is 1. The maximum absolute atomic E-state index is 9.35. The highest BCUT2D eigenvalue weighted by Crippen LogP contribution is 2.16. The molecule has 0 aliphatic carbocycles. The molecular weight excluding hydrogens is 226 g/mol. The Morgan fingerprint density at radius 3 is 2.61 bits per heavy atom. The van der Waals surface area contributed by atoms with Crippen molar-refractivity contribution in [2.75, 3.05) is 27.3 Å². The molecule has 0 bridgehead atoms. The molecule has 1 rings (SSSR count). The van der Waals surface area contributed by atoms with Crippen LogP contribution in [-0.4, -0.2) is 37.3 Å². The van der Waals surface area contributed by atoms with Gasteiger partial charge in [0.1, 0.15) is 5.75 Å². The Balaban J connectivity index is 2.55. The van der Waals surface area contributed by atoms with E-state index < -0.39 is 0 Å². The van der Waals surface area contributed by atoms with E-state index in [1.165, 1.54) is 5.56 Å². The molecule has 1 aromatic rings. The molecule has 0 heterocycles. The Kier molecular flexibility index (Phi) is 6.16. The van der Waals surface area contributed by atoms with Gasteiger partial charge in [0, 0.05) is 19.7 Å². The molecule has 1 N–H and O–H groups in total. The van der Waals surface area contributed by atoms with Crippen molar-refractivity contribution in [3.05, 3.63) is 29.8 Å².